The van der Waals surface area contributed by atoms with E-state index in [1.807, 2.05) is 13.0 Å². The second-order valence-corrected chi connectivity index (χ2v) is 8.75. The van der Waals surface area contributed by atoms with Crippen molar-refractivity contribution in [2.45, 2.75) is 70.2 Å². The number of alkyl halides is 3. The van der Waals surface area contributed by atoms with Crippen LogP contribution in [0.1, 0.15) is 63.6 Å². The fraction of sp³-hybridized carbons (Fsp3) is 0.478. The minimum absolute atomic E-state index is 0.225. The standard InChI is InChI=1S/C23H27F3N4O/c1-4-5-20(27)22(2,3)31-19-9-8-15(12-16(19)23(24,25)26)18-10-11-28-21-13-17(14-6-7-14)29-30(18)21/h8-14,20H,4-7,27H2,1-3H3/t20-/m0/s1. The average molecular weight is 432 g/mol. The summed E-state index contributed by atoms with van der Waals surface area (Å²) in [7, 11) is 0. The molecule has 1 saturated carbocycles. The largest absolute Gasteiger partial charge is 0.486 e. The van der Waals surface area contributed by atoms with Crippen molar-refractivity contribution in [2.24, 2.45) is 5.73 Å². The van der Waals surface area contributed by atoms with Gasteiger partial charge in [0.05, 0.1) is 17.0 Å². The Bertz CT molecular complexity index is 1090. The van der Waals surface area contributed by atoms with Crippen LogP contribution in [0.3, 0.4) is 0 Å². The summed E-state index contributed by atoms with van der Waals surface area (Å²) in [5, 5.41) is 4.59. The summed E-state index contributed by atoms with van der Waals surface area (Å²) in [6, 6.07) is 7.30. The van der Waals surface area contributed by atoms with Gasteiger partial charge in [-0.3, -0.25) is 0 Å². The predicted octanol–water partition coefficient (Wildman–Crippen LogP) is 5.58. The highest BCUT2D eigenvalue weighted by Crippen LogP contribution is 2.42. The molecule has 0 spiro atoms. The Balaban J connectivity index is 1.75. The van der Waals surface area contributed by atoms with Crippen LogP contribution < -0.4 is 10.5 Å². The molecule has 1 aromatic carbocycles. The van der Waals surface area contributed by atoms with Crippen LogP contribution in [-0.2, 0) is 6.18 Å². The zero-order valence-corrected chi connectivity index (χ0v) is 17.9. The molecule has 166 valence electrons. The predicted molar refractivity (Wildman–Crippen MR) is 113 cm³/mol. The third-order valence-corrected chi connectivity index (χ3v) is 5.82. The molecule has 0 aliphatic heterocycles. The SMILES string of the molecule is CCC[C@H](N)C(C)(C)Oc1ccc(-c2ccnc3cc(C4CC4)nn23)cc1C(F)(F)F. The van der Waals surface area contributed by atoms with Crippen molar-refractivity contribution in [1.82, 2.24) is 14.6 Å². The van der Waals surface area contributed by atoms with Crippen molar-refractivity contribution in [3.05, 3.63) is 47.8 Å². The fourth-order valence-electron chi connectivity index (χ4n) is 3.73. The van der Waals surface area contributed by atoms with E-state index in [4.69, 9.17) is 10.5 Å². The van der Waals surface area contributed by atoms with Crippen molar-refractivity contribution >= 4 is 5.65 Å². The molecule has 2 heterocycles. The number of hydrogen-bond donors (Lipinski definition) is 1. The summed E-state index contributed by atoms with van der Waals surface area (Å²) in [5.41, 5.74) is 6.89. The van der Waals surface area contributed by atoms with Gasteiger partial charge in [0.1, 0.15) is 11.4 Å². The van der Waals surface area contributed by atoms with E-state index in [0.717, 1.165) is 31.0 Å². The first-order chi connectivity index (χ1) is 14.6. The van der Waals surface area contributed by atoms with E-state index in [-0.39, 0.29) is 11.8 Å². The van der Waals surface area contributed by atoms with Gasteiger partial charge in [-0.05, 0) is 57.4 Å². The molecule has 1 fully saturated rings. The molecule has 1 aliphatic carbocycles. The van der Waals surface area contributed by atoms with Gasteiger partial charge in [-0.15, -0.1) is 0 Å². The van der Waals surface area contributed by atoms with Crippen molar-refractivity contribution in [2.75, 3.05) is 0 Å². The van der Waals surface area contributed by atoms with E-state index >= 15 is 0 Å². The Hall–Kier alpha value is -2.61. The van der Waals surface area contributed by atoms with E-state index in [2.05, 4.69) is 10.1 Å². The molecule has 3 aromatic rings. The van der Waals surface area contributed by atoms with Crippen LogP contribution in [0.5, 0.6) is 5.75 Å². The first-order valence-electron chi connectivity index (χ1n) is 10.6. The number of aromatic nitrogens is 3. The zero-order valence-electron chi connectivity index (χ0n) is 17.9. The maximum atomic E-state index is 14.0. The highest BCUT2D eigenvalue weighted by Gasteiger charge is 2.38. The molecule has 5 nitrogen and oxygen atoms in total. The minimum atomic E-state index is -4.58. The molecule has 2 N–H and O–H groups in total. The molecule has 31 heavy (non-hydrogen) atoms. The maximum absolute atomic E-state index is 14.0. The number of nitrogens with two attached hydrogens (primary N) is 1. The van der Waals surface area contributed by atoms with Gasteiger partial charge >= 0.3 is 6.18 Å². The van der Waals surface area contributed by atoms with Gasteiger partial charge in [-0.25, -0.2) is 9.50 Å². The number of rotatable bonds is 7. The number of nitrogens with zero attached hydrogens (tertiary/aromatic N) is 3. The molecule has 8 heteroatoms. The lowest BCUT2D eigenvalue weighted by molar-refractivity contribution is -0.140. The van der Waals surface area contributed by atoms with Crippen LogP contribution in [0.4, 0.5) is 13.2 Å². The van der Waals surface area contributed by atoms with Crippen LogP contribution >= 0.6 is 0 Å². The highest BCUT2D eigenvalue weighted by atomic mass is 19.4. The number of ether oxygens (including phenoxy) is 1. The number of halogens is 3. The Morgan fingerprint density at radius 3 is 2.58 bits per heavy atom. The molecule has 1 aliphatic rings. The second-order valence-electron chi connectivity index (χ2n) is 8.75. The van der Waals surface area contributed by atoms with E-state index in [1.54, 1.807) is 36.7 Å². The topological polar surface area (TPSA) is 65.4 Å². The monoisotopic (exact) mass is 432 g/mol. The van der Waals surface area contributed by atoms with Gasteiger partial charge in [0, 0.05) is 29.8 Å². The normalized spacial score (nSPS) is 16.0. The number of hydrogen-bond acceptors (Lipinski definition) is 4. The molecule has 0 radical (unpaired) electrons. The summed E-state index contributed by atoms with van der Waals surface area (Å²) in [5.74, 6) is 0.197. The molecular weight excluding hydrogens is 405 g/mol. The lowest BCUT2D eigenvalue weighted by atomic mass is 9.95. The maximum Gasteiger partial charge on any atom is 0.419 e. The third kappa shape index (κ3) is 4.39. The Morgan fingerprint density at radius 2 is 1.94 bits per heavy atom. The van der Waals surface area contributed by atoms with Gasteiger partial charge in [0.25, 0.3) is 0 Å². The smallest absolute Gasteiger partial charge is 0.419 e. The van der Waals surface area contributed by atoms with Crippen LogP contribution in [0.15, 0.2) is 36.5 Å². The molecule has 1 atom stereocenters. The van der Waals surface area contributed by atoms with E-state index < -0.39 is 17.3 Å². The molecule has 0 bridgehead atoms. The first-order valence-corrected chi connectivity index (χ1v) is 10.6. The first kappa shape index (κ1) is 21.6. The van der Waals surface area contributed by atoms with Crippen molar-refractivity contribution < 1.29 is 17.9 Å². The Morgan fingerprint density at radius 1 is 1.19 bits per heavy atom. The van der Waals surface area contributed by atoms with Gasteiger partial charge in [-0.2, -0.15) is 18.3 Å². The Labute approximate surface area is 179 Å². The molecule has 0 amide bonds. The molecule has 4 rings (SSSR count). The van der Waals surface area contributed by atoms with E-state index in [9.17, 15) is 13.2 Å². The second kappa shape index (κ2) is 7.82. The third-order valence-electron chi connectivity index (χ3n) is 5.82. The van der Waals surface area contributed by atoms with Gasteiger partial charge in [-0.1, -0.05) is 13.3 Å². The summed E-state index contributed by atoms with van der Waals surface area (Å²) >= 11 is 0. The van der Waals surface area contributed by atoms with Crippen molar-refractivity contribution in [3.8, 4) is 17.0 Å². The van der Waals surface area contributed by atoms with E-state index in [1.165, 1.54) is 6.07 Å². The van der Waals surface area contributed by atoms with Crippen LogP contribution in [0.2, 0.25) is 0 Å². The van der Waals surface area contributed by atoms with Gasteiger partial charge in [0.2, 0.25) is 0 Å². The van der Waals surface area contributed by atoms with Crippen LogP contribution in [0.25, 0.3) is 16.9 Å². The van der Waals surface area contributed by atoms with E-state index in [0.29, 0.717) is 29.2 Å². The van der Waals surface area contributed by atoms with Crippen molar-refractivity contribution in [3.63, 3.8) is 0 Å². The summed E-state index contributed by atoms with van der Waals surface area (Å²) < 4.78 is 49.3. The molecule has 0 unspecified atom stereocenters. The quantitative estimate of drug-likeness (QED) is 0.530. The molecular formula is C23H27F3N4O. The lowest BCUT2D eigenvalue weighted by Crippen LogP contribution is -2.47. The Kier molecular flexibility index (Phi) is 5.45. The summed E-state index contributed by atoms with van der Waals surface area (Å²) in [4.78, 5) is 4.31. The number of fused-ring (bicyclic) bond motifs is 1. The molecule has 2 aromatic heterocycles. The van der Waals surface area contributed by atoms with Gasteiger partial charge < -0.3 is 10.5 Å². The fourth-order valence-corrected chi connectivity index (χ4v) is 3.73. The average Bonchev–Trinajstić information content (AvgIpc) is 3.45. The van der Waals surface area contributed by atoms with Crippen LogP contribution in [-0.4, -0.2) is 26.2 Å². The summed E-state index contributed by atoms with van der Waals surface area (Å²) in [6.07, 6.45) is 0.659. The van der Waals surface area contributed by atoms with Gasteiger partial charge in [0.15, 0.2) is 5.65 Å². The zero-order chi connectivity index (χ0) is 22.4. The van der Waals surface area contributed by atoms with Crippen LogP contribution in [0, 0.1) is 0 Å². The lowest BCUT2D eigenvalue weighted by Gasteiger charge is -2.33. The minimum Gasteiger partial charge on any atom is -0.486 e. The highest BCUT2D eigenvalue weighted by molar-refractivity contribution is 5.65. The van der Waals surface area contributed by atoms with Crippen molar-refractivity contribution in [1.29, 1.82) is 0 Å². The number of benzene rings is 1. The molecule has 0 saturated heterocycles. The summed E-state index contributed by atoms with van der Waals surface area (Å²) in [6.45, 7) is 5.42.